The summed E-state index contributed by atoms with van der Waals surface area (Å²) in [4.78, 5) is 11.1. The van der Waals surface area contributed by atoms with E-state index in [9.17, 15) is 9.18 Å². The summed E-state index contributed by atoms with van der Waals surface area (Å²) in [5, 5.41) is 2.87. The molecule has 1 rings (SSSR count). The molecule has 76 valence electrons. The second kappa shape index (κ2) is 4.89. The molecule has 1 aromatic rings. The van der Waals surface area contributed by atoms with Crippen LogP contribution in [0.2, 0.25) is 0 Å². The van der Waals surface area contributed by atoms with Crippen LogP contribution in [0.25, 0.3) is 0 Å². The molecule has 0 saturated heterocycles. The van der Waals surface area contributed by atoms with Gasteiger partial charge in [0.1, 0.15) is 5.82 Å². The molecule has 14 heavy (non-hydrogen) atoms. The molecule has 0 heterocycles. The van der Waals surface area contributed by atoms with Gasteiger partial charge in [-0.05, 0) is 40.5 Å². The van der Waals surface area contributed by atoms with Crippen molar-refractivity contribution in [2.24, 2.45) is 0 Å². The summed E-state index contributed by atoms with van der Waals surface area (Å²) in [5.74, 6) is -0.494. The van der Waals surface area contributed by atoms with Gasteiger partial charge in [-0.2, -0.15) is 0 Å². The number of anilines is 1. The number of amides is 1. The lowest BCUT2D eigenvalue weighted by Gasteiger charge is -2.07. The van der Waals surface area contributed by atoms with Crippen molar-refractivity contribution in [3.05, 3.63) is 28.0 Å². The van der Waals surface area contributed by atoms with Gasteiger partial charge >= 0.3 is 0 Å². The molecule has 0 aliphatic carbocycles. The average Bonchev–Trinajstić information content (AvgIpc) is 2.14. The van der Waals surface area contributed by atoms with Gasteiger partial charge in [0, 0.05) is 5.69 Å². The Balaban J connectivity index is 2.98. The van der Waals surface area contributed by atoms with Gasteiger partial charge in [-0.3, -0.25) is 4.79 Å². The third-order valence-electron chi connectivity index (χ3n) is 1.66. The molecule has 0 aliphatic rings. The predicted molar refractivity (Wildman–Crippen MR) is 61.3 cm³/mol. The number of alkyl halides is 1. The van der Waals surface area contributed by atoms with Crippen LogP contribution < -0.4 is 5.32 Å². The van der Waals surface area contributed by atoms with Gasteiger partial charge in [-0.15, -0.1) is 0 Å². The second-order valence-electron chi connectivity index (χ2n) is 2.76. The number of carbonyl (C=O) groups excluding carboxylic acids is 1. The Bertz CT molecular complexity index is 368. The summed E-state index contributed by atoms with van der Waals surface area (Å²) in [6, 6.07) is 2.92. The van der Waals surface area contributed by atoms with Crippen molar-refractivity contribution in [3.63, 3.8) is 0 Å². The first-order valence-corrected chi connectivity index (χ1v) is 5.77. The van der Waals surface area contributed by atoms with Crippen molar-refractivity contribution in [1.82, 2.24) is 0 Å². The molecule has 2 nitrogen and oxygen atoms in total. The van der Waals surface area contributed by atoms with E-state index in [4.69, 9.17) is 0 Å². The quantitative estimate of drug-likeness (QED) is 0.831. The maximum Gasteiger partial charge on any atom is 0.235 e. The molecule has 0 aromatic heterocycles. The Hall–Kier alpha value is -0.420. The SMILES string of the molecule is Cc1cc(F)c(Br)cc1NC(=O)CBr. The summed E-state index contributed by atoms with van der Waals surface area (Å²) < 4.78 is 13.4. The zero-order valence-corrected chi connectivity index (χ0v) is 10.6. The van der Waals surface area contributed by atoms with Crippen LogP contribution in [0.5, 0.6) is 0 Å². The number of carbonyl (C=O) groups is 1. The highest BCUT2D eigenvalue weighted by Gasteiger charge is 2.07. The number of nitrogens with one attached hydrogen (secondary N) is 1. The molecule has 0 radical (unpaired) electrons. The van der Waals surface area contributed by atoms with Gasteiger partial charge in [0.15, 0.2) is 0 Å². The molecule has 0 unspecified atom stereocenters. The third-order valence-corrected chi connectivity index (χ3v) is 2.78. The van der Waals surface area contributed by atoms with Crippen molar-refractivity contribution in [2.75, 3.05) is 10.6 Å². The number of aryl methyl sites for hydroxylation is 1. The third kappa shape index (κ3) is 2.78. The van der Waals surface area contributed by atoms with Crippen LogP contribution >= 0.6 is 31.9 Å². The minimum Gasteiger partial charge on any atom is -0.325 e. The van der Waals surface area contributed by atoms with Gasteiger partial charge in [0.25, 0.3) is 0 Å². The number of hydrogen-bond acceptors (Lipinski definition) is 1. The summed E-state index contributed by atoms with van der Waals surface area (Å²) in [6.07, 6.45) is 0. The molecule has 0 aliphatic heterocycles. The van der Waals surface area contributed by atoms with Gasteiger partial charge in [-0.1, -0.05) is 15.9 Å². The van der Waals surface area contributed by atoms with E-state index in [2.05, 4.69) is 37.2 Å². The highest BCUT2D eigenvalue weighted by molar-refractivity contribution is 9.10. The molecule has 0 saturated carbocycles. The number of halogens is 3. The first-order valence-electron chi connectivity index (χ1n) is 3.86. The van der Waals surface area contributed by atoms with E-state index < -0.39 is 0 Å². The van der Waals surface area contributed by atoms with Crippen LogP contribution in [-0.4, -0.2) is 11.2 Å². The highest BCUT2D eigenvalue weighted by Crippen LogP contribution is 2.24. The zero-order valence-electron chi connectivity index (χ0n) is 7.40. The number of rotatable bonds is 2. The normalized spacial score (nSPS) is 10.0. The fourth-order valence-corrected chi connectivity index (χ4v) is 1.45. The van der Waals surface area contributed by atoms with Crippen molar-refractivity contribution in [1.29, 1.82) is 0 Å². The molecule has 0 atom stereocenters. The van der Waals surface area contributed by atoms with Crippen LogP contribution in [0.4, 0.5) is 10.1 Å². The second-order valence-corrected chi connectivity index (χ2v) is 4.18. The van der Waals surface area contributed by atoms with E-state index in [-0.39, 0.29) is 17.1 Å². The first-order chi connectivity index (χ1) is 6.54. The predicted octanol–water partition coefficient (Wildman–Crippen LogP) is 3.23. The van der Waals surface area contributed by atoms with Crippen molar-refractivity contribution in [3.8, 4) is 0 Å². The van der Waals surface area contributed by atoms with Crippen molar-refractivity contribution >= 4 is 43.5 Å². The van der Waals surface area contributed by atoms with E-state index >= 15 is 0 Å². The molecule has 0 fully saturated rings. The first kappa shape index (κ1) is 11.7. The summed E-state index contributed by atoms with van der Waals surface area (Å²) in [5.41, 5.74) is 1.31. The van der Waals surface area contributed by atoms with E-state index in [1.54, 1.807) is 13.0 Å². The Morgan fingerprint density at radius 2 is 2.21 bits per heavy atom. The van der Waals surface area contributed by atoms with E-state index in [0.29, 0.717) is 15.7 Å². The lowest BCUT2D eigenvalue weighted by Crippen LogP contribution is -2.13. The van der Waals surface area contributed by atoms with E-state index in [1.165, 1.54) is 6.07 Å². The Kier molecular flexibility index (Phi) is 4.07. The lowest BCUT2D eigenvalue weighted by atomic mass is 10.2. The lowest BCUT2D eigenvalue weighted by molar-refractivity contribution is -0.113. The summed E-state index contributed by atoms with van der Waals surface area (Å²) >= 11 is 6.09. The van der Waals surface area contributed by atoms with Crippen LogP contribution in [0.15, 0.2) is 16.6 Å². The molecule has 1 N–H and O–H groups in total. The molecule has 1 amide bonds. The Morgan fingerprint density at radius 3 is 2.79 bits per heavy atom. The van der Waals surface area contributed by atoms with Gasteiger partial charge in [0.2, 0.25) is 5.91 Å². The van der Waals surface area contributed by atoms with Gasteiger partial charge in [0.05, 0.1) is 9.80 Å². The molecule has 5 heteroatoms. The highest BCUT2D eigenvalue weighted by atomic mass is 79.9. The monoisotopic (exact) mass is 323 g/mol. The van der Waals surface area contributed by atoms with E-state index in [0.717, 1.165) is 0 Å². The van der Waals surface area contributed by atoms with Crippen LogP contribution in [0, 0.1) is 12.7 Å². The fourth-order valence-electron chi connectivity index (χ4n) is 0.965. The molecule has 1 aromatic carbocycles. The van der Waals surface area contributed by atoms with Crippen molar-refractivity contribution in [2.45, 2.75) is 6.92 Å². The number of hydrogen-bond donors (Lipinski definition) is 1. The van der Waals surface area contributed by atoms with Crippen LogP contribution in [0.1, 0.15) is 5.56 Å². The Morgan fingerprint density at radius 1 is 1.57 bits per heavy atom. The Labute approximate surface area is 98.1 Å². The molecular formula is C9H8Br2FNO. The molecule has 0 bridgehead atoms. The van der Waals surface area contributed by atoms with E-state index in [1.807, 2.05) is 0 Å². The minimum absolute atomic E-state index is 0.161. The van der Waals surface area contributed by atoms with Gasteiger partial charge < -0.3 is 5.32 Å². The summed E-state index contributed by atoms with van der Waals surface area (Å²) in [7, 11) is 0. The standard InChI is InChI=1S/C9H8Br2FNO/c1-5-2-7(12)6(11)3-8(5)13-9(14)4-10/h2-3H,4H2,1H3,(H,13,14). The largest absolute Gasteiger partial charge is 0.325 e. The minimum atomic E-state index is -0.334. The smallest absolute Gasteiger partial charge is 0.235 e. The summed E-state index contributed by atoms with van der Waals surface area (Å²) in [6.45, 7) is 1.74. The molecular weight excluding hydrogens is 317 g/mol. The maximum absolute atomic E-state index is 13.0. The average molecular weight is 325 g/mol. The van der Waals surface area contributed by atoms with Crippen LogP contribution in [-0.2, 0) is 4.79 Å². The topological polar surface area (TPSA) is 29.1 Å². The van der Waals surface area contributed by atoms with Crippen LogP contribution in [0.3, 0.4) is 0 Å². The number of benzene rings is 1. The zero-order chi connectivity index (χ0) is 10.7. The van der Waals surface area contributed by atoms with Gasteiger partial charge in [-0.25, -0.2) is 4.39 Å². The molecule has 0 spiro atoms. The van der Waals surface area contributed by atoms with Crippen molar-refractivity contribution < 1.29 is 9.18 Å². The fraction of sp³-hybridized carbons (Fsp3) is 0.222. The maximum atomic E-state index is 13.0.